The summed E-state index contributed by atoms with van der Waals surface area (Å²) in [4.78, 5) is 19.7. The number of rotatable bonds is 9. The lowest BCUT2D eigenvalue weighted by atomic mass is 10.2. The number of aromatic nitrogens is 2. The van der Waals surface area contributed by atoms with E-state index in [9.17, 15) is 4.79 Å². The summed E-state index contributed by atoms with van der Waals surface area (Å²) in [7, 11) is 3.17. The van der Waals surface area contributed by atoms with Crippen molar-refractivity contribution < 1.29 is 14.3 Å². The topological polar surface area (TPSA) is 76.2 Å². The number of aromatic amines is 1. The summed E-state index contributed by atoms with van der Waals surface area (Å²) in [5.41, 5.74) is 2.94. The minimum Gasteiger partial charge on any atom is -0.493 e. The third-order valence-corrected chi connectivity index (χ3v) is 5.00. The molecule has 0 atom stereocenters. The van der Waals surface area contributed by atoms with Crippen LogP contribution in [-0.2, 0) is 4.79 Å². The molecule has 0 radical (unpaired) electrons. The molecule has 3 aromatic rings. The molecule has 2 aromatic carbocycles. The third kappa shape index (κ3) is 5.89. The summed E-state index contributed by atoms with van der Waals surface area (Å²) in [6.07, 6.45) is 5.07. The molecular formula is C22H23N3O3S. The molecule has 0 saturated carbocycles. The van der Waals surface area contributed by atoms with E-state index in [0.717, 1.165) is 27.7 Å². The molecule has 3 rings (SSSR count). The molecule has 29 heavy (non-hydrogen) atoms. The molecule has 1 aromatic heterocycles. The largest absolute Gasteiger partial charge is 0.493 e. The summed E-state index contributed by atoms with van der Waals surface area (Å²) in [6.45, 7) is 0.543. The highest BCUT2D eigenvalue weighted by atomic mass is 32.2. The van der Waals surface area contributed by atoms with Crippen molar-refractivity contribution in [1.29, 1.82) is 0 Å². The minimum absolute atomic E-state index is 0.148. The first kappa shape index (κ1) is 20.5. The van der Waals surface area contributed by atoms with Gasteiger partial charge in [-0.15, -0.1) is 0 Å². The van der Waals surface area contributed by atoms with Crippen LogP contribution in [0, 0.1) is 0 Å². The molecule has 0 aliphatic heterocycles. The van der Waals surface area contributed by atoms with Crippen molar-refractivity contribution in [2.45, 2.75) is 5.16 Å². The van der Waals surface area contributed by atoms with Gasteiger partial charge in [0, 0.05) is 18.4 Å². The Kier molecular flexibility index (Phi) is 7.35. The smallest absolute Gasteiger partial charge is 0.244 e. The Morgan fingerprint density at radius 1 is 1.14 bits per heavy atom. The maximum absolute atomic E-state index is 12.0. The van der Waals surface area contributed by atoms with Gasteiger partial charge in [-0.2, -0.15) is 0 Å². The molecule has 0 unspecified atom stereocenters. The summed E-state index contributed by atoms with van der Waals surface area (Å²) < 4.78 is 10.5. The van der Waals surface area contributed by atoms with Crippen LogP contribution in [0.4, 0.5) is 0 Å². The Labute approximate surface area is 174 Å². The predicted octanol–water partition coefficient (Wildman–Crippen LogP) is 4.02. The lowest BCUT2D eigenvalue weighted by Crippen LogP contribution is -2.23. The number of ether oxygens (including phenoxy) is 2. The van der Waals surface area contributed by atoms with E-state index in [2.05, 4.69) is 15.3 Å². The zero-order valence-corrected chi connectivity index (χ0v) is 17.2. The normalized spacial score (nSPS) is 10.8. The van der Waals surface area contributed by atoms with Gasteiger partial charge in [0.1, 0.15) is 0 Å². The number of carbonyl (C=O) groups excluding carboxylic acids is 1. The SMILES string of the molecule is COc1ccc(C=CC(=O)NCCSc2ncc(-c3ccccc3)[nH]2)cc1OC. The summed E-state index contributed by atoms with van der Waals surface area (Å²) in [5, 5.41) is 3.70. The molecule has 6 nitrogen and oxygen atoms in total. The van der Waals surface area contributed by atoms with Gasteiger partial charge in [-0.25, -0.2) is 4.98 Å². The number of imidazole rings is 1. The Hall–Kier alpha value is -3.19. The molecule has 0 bridgehead atoms. The van der Waals surface area contributed by atoms with Gasteiger partial charge in [-0.3, -0.25) is 4.79 Å². The van der Waals surface area contributed by atoms with E-state index in [-0.39, 0.29) is 5.91 Å². The van der Waals surface area contributed by atoms with Crippen molar-refractivity contribution in [3.63, 3.8) is 0 Å². The van der Waals surface area contributed by atoms with E-state index < -0.39 is 0 Å². The number of hydrogen-bond donors (Lipinski definition) is 2. The molecule has 0 saturated heterocycles. The second-order valence-corrected chi connectivity index (χ2v) is 7.14. The number of nitrogens with one attached hydrogen (secondary N) is 2. The van der Waals surface area contributed by atoms with E-state index in [1.165, 1.54) is 6.08 Å². The lowest BCUT2D eigenvalue weighted by Gasteiger charge is -2.07. The van der Waals surface area contributed by atoms with E-state index in [0.29, 0.717) is 18.0 Å². The molecule has 7 heteroatoms. The lowest BCUT2D eigenvalue weighted by molar-refractivity contribution is -0.116. The molecule has 150 valence electrons. The fraction of sp³-hybridized carbons (Fsp3) is 0.182. The van der Waals surface area contributed by atoms with Gasteiger partial charge in [0.2, 0.25) is 5.91 Å². The van der Waals surface area contributed by atoms with Crippen LogP contribution in [0.15, 0.2) is 66.0 Å². The number of methoxy groups -OCH3 is 2. The molecular weight excluding hydrogens is 386 g/mol. The zero-order chi connectivity index (χ0) is 20.5. The van der Waals surface area contributed by atoms with E-state index in [4.69, 9.17) is 9.47 Å². The number of H-pyrrole nitrogens is 1. The average Bonchev–Trinajstić information content (AvgIpc) is 3.24. The van der Waals surface area contributed by atoms with E-state index >= 15 is 0 Å². The molecule has 0 spiro atoms. The fourth-order valence-electron chi connectivity index (χ4n) is 2.65. The van der Waals surface area contributed by atoms with Gasteiger partial charge in [-0.1, -0.05) is 48.2 Å². The van der Waals surface area contributed by atoms with Gasteiger partial charge in [0.25, 0.3) is 0 Å². The van der Waals surface area contributed by atoms with Crippen LogP contribution in [0.3, 0.4) is 0 Å². The van der Waals surface area contributed by atoms with Crippen molar-refractivity contribution >= 4 is 23.7 Å². The van der Waals surface area contributed by atoms with Gasteiger partial charge in [-0.05, 0) is 29.3 Å². The molecule has 0 aliphatic carbocycles. The first-order valence-corrected chi connectivity index (χ1v) is 10.1. The van der Waals surface area contributed by atoms with Crippen molar-refractivity contribution in [2.24, 2.45) is 0 Å². The first-order valence-electron chi connectivity index (χ1n) is 9.11. The minimum atomic E-state index is -0.148. The Balaban J connectivity index is 1.43. The van der Waals surface area contributed by atoms with E-state index in [1.54, 1.807) is 38.1 Å². The summed E-state index contributed by atoms with van der Waals surface area (Å²) in [6, 6.07) is 15.5. The van der Waals surface area contributed by atoms with Crippen molar-refractivity contribution in [3.05, 3.63) is 66.4 Å². The molecule has 1 amide bonds. The van der Waals surface area contributed by atoms with Crippen LogP contribution in [0.2, 0.25) is 0 Å². The van der Waals surface area contributed by atoms with E-state index in [1.807, 2.05) is 48.7 Å². The molecule has 0 aliphatic rings. The first-order chi connectivity index (χ1) is 14.2. The Morgan fingerprint density at radius 2 is 1.93 bits per heavy atom. The Bertz CT molecular complexity index is 970. The Morgan fingerprint density at radius 3 is 2.69 bits per heavy atom. The van der Waals surface area contributed by atoms with Crippen LogP contribution in [-0.4, -0.2) is 42.4 Å². The maximum Gasteiger partial charge on any atom is 0.244 e. The van der Waals surface area contributed by atoms with Crippen molar-refractivity contribution in [2.75, 3.05) is 26.5 Å². The summed E-state index contributed by atoms with van der Waals surface area (Å²) in [5.74, 6) is 1.85. The number of amides is 1. The number of nitrogens with zero attached hydrogens (tertiary/aromatic N) is 1. The van der Waals surface area contributed by atoms with Gasteiger partial charge in [0.15, 0.2) is 16.7 Å². The van der Waals surface area contributed by atoms with Crippen LogP contribution < -0.4 is 14.8 Å². The van der Waals surface area contributed by atoms with Crippen LogP contribution >= 0.6 is 11.8 Å². The molecule has 0 fully saturated rings. The second kappa shape index (κ2) is 10.4. The number of hydrogen-bond acceptors (Lipinski definition) is 5. The highest BCUT2D eigenvalue weighted by Gasteiger charge is 2.05. The maximum atomic E-state index is 12.0. The van der Waals surface area contributed by atoms with Gasteiger partial charge in [0.05, 0.1) is 26.1 Å². The van der Waals surface area contributed by atoms with Crippen LogP contribution in [0.25, 0.3) is 17.3 Å². The standard InChI is InChI=1S/C22H23N3O3S/c1-27-19-10-8-16(14-20(19)28-2)9-11-21(26)23-12-13-29-22-24-15-18(25-22)17-6-4-3-5-7-17/h3-11,14-15H,12-13H2,1-2H3,(H,23,26)(H,24,25). The highest BCUT2D eigenvalue weighted by Crippen LogP contribution is 2.28. The molecule has 2 N–H and O–H groups in total. The number of thioether (sulfide) groups is 1. The quantitative estimate of drug-likeness (QED) is 0.317. The molecule has 1 heterocycles. The van der Waals surface area contributed by atoms with Crippen LogP contribution in [0.5, 0.6) is 11.5 Å². The number of carbonyl (C=O) groups is 1. The van der Waals surface area contributed by atoms with Crippen molar-refractivity contribution in [3.8, 4) is 22.8 Å². The van der Waals surface area contributed by atoms with Gasteiger partial charge >= 0.3 is 0 Å². The second-order valence-electron chi connectivity index (χ2n) is 6.06. The van der Waals surface area contributed by atoms with Crippen molar-refractivity contribution in [1.82, 2.24) is 15.3 Å². The third-order valence-electron chi connectivity index (χ3n) is 4.11. The fourth-order valence-corrected chi connectivity index (χ4v) is 3.36. The monoisotopic (exact) mass is 409 g/mol. The van der Waals surface area contributed by atoms with Crippen LogP contribution in [0.1, 0.15) is 5.56 Å². The summed E-state index contributed by atoms with van der Waals surface area (Å²) >= 11 is 1.57. The van der Waals surface area contributed by atoms with Gasteiger partial charge < -0.3 is 19.8 Å². The number of benzene rings is 2. The average molecular weight is 410 g/mol. The highest BCUT2D eigenvalue weighted by molar-refractivity contribution is 7.99. The predicted molar refractivity (Wildman–Crippen MR) is 116 cm³/mol. The zero-order valence-electron chi connectivity index (χ0n) is 16.3.